The monoisotopic (exact) mass is 294 g/mol. The molecule has 1 N–H and O–H groups in total. The lowest BCUT2D eigenvalue weighted by molar-refractivity contribution is -0.131. The average molecular weight is 294 g/mol. The van der Waals surface area contributed by atoms with Crippen molar-refractivity contribution in [2.75, 3.05) is 6.54 Å². The summed E-state index contributed by atoms with van der Waals surface area (Å²) >= 11 is 0. The highest BCUT2D eigenvalue weighted by molar-refractivity contribution is 5.84. The number of hydrogen-bond acceptors (Lipinski definition) is 2. The highest BCUT2D eigenvalue weighted by Gasteiger charge is 2.43. The van der Waals surface area contributed by atoms with Crippen molar-refractivity contribution < 1.29 is 4.79 Å². The molecule has 1 saturated heterocycles. The van der Waals surface area contributed by atoms with Crippen LogP contribution in [0.4, 0.5) is 0 Å². The Labute approximate surface area is 130 Å². The van der Waals surface area contributed by atoms with E-state index in [9.17, 15) is 4.79 Å². The van der Waals surface area contributed by atoms with Crippen LogP contribution in [0.25, 0.3) is 0 Å². The second-order valence-electron chi connectivity index (χ2n) is 8.30. The van der Waals surface area contributed by atoms with Crippen molar-refractivity contribution in [2.45, 2.75) is 85.4 Å². The molecule has 21 heavy (non-hydrogen) atoms. The van der Waals surface area contributed by atoms with E-state index in [4.69, 9.17) is 0 Å². The van der Waals surface area contributed by atoms with Crippen LogP contribution in [-0.2, 0) is 4.79 Å². The number of hydrogen-bond donors (Lipinski definition) is 1. The van der Waals surface area contributed by atoms with Crippen molar-refractivity contribution in [1.29, 1.82) is 0 Å². The Kier molecular flexibility index (Phi) is 5.34. The molecule has 0 radical (unpaired) electrons. The quantitative estimate of drug-likeness (QED) is 0.808. The predicted molar refractivity (Wildman–Crippen MR) is 87.9 cm³/mol. The van der Waals surface area contributed by atoms with Gasteiger partial charge in [-0.3, -0.25) is 10.1 Å². The first-order valence-corrected chi connectivity index (χ1v) is 8.89. The molecular formula is C18H34N2O. The van der Waals surface area contributed by atoms with Gasteiger partial charge in [0.05, 0.1) is 12.2 Å². The molecule has 1 amide bonds. The maximum Gasteiger partial charge on any atom is 0.240 e. The molecule has 1 aliphatic heterocycles. The number of carbonyl (C=O) groups excluding carboxylic acids is 1. The van der Waals surface area contributed by atoms with Crippen molar-refractivity contribution in [2.24, 2.45) is 17.3 Å². The molecule has 1 saturated carbocycles. The molecule has 0 bridgehead atoms. The van der Waals surface area contributed by atoms with Crippen LogP contribution in [0.3, 0.4) is 0 Å². The van der Waals surface area contributed by atoms with Crippen LogP contribution in [0.2, 0.25) is 0 Å². The van der Waals surface area contributed by atoms with E-state index < -0.39 is 0 Å². The van der Waals surface area contributed by atoms with E-state index in [-0.39, 0.29) is 12.2 Å². The summed E-state index contributed by atoms with van der Waals surface area (Å²) in [6, 6.07) is -0.00810. The van der Waals surface area contributed by atoms with Gasteiger partial charge in [0.1, 0.15) is 0 Å². The Bertz CT molecular complexity index is 358. The molecule has 2 atom stereocenters. The summed E-state index contributed by atoms with van der Waals surface area (Å²) in [6.07, 6.45) is 7.86. The predicted octanol–water partition coefficient (Wildman–Crippen LogP) is 3.79. The minimum atomic E-state index is -0.00810. The van der Waals surface area contributed by atoms with Crippen LogP contribution in [0, 0.1) is 17.3 Å². The Morgan fingerprint density at radius 2 is 1.81 bits per heavy atom. The van der Waals surface area contributed by atoms with E-state index >= 15 is 0 Å². The van der Waals surface area contributed by atoms with Gasteiger partial charge in [0, 0.05) is 6.54 Å². The van der Waals surface area contributed by atoms with Crippen molar-refractivity contribution in [3.05, 3.63) is 0 Å². The van der Waals surface area contributed by atoms with Crippen LogP contribution >= 0.6 is 0 Å². The standard InChI is InChI=1S/C18H34N2O/c1-13(2)10-16-19-15(5)17(21)20(16)12-18(11-14(3)4)8-6-7-9-18/h13-16,19H,6-12H2,1-5H3. The zero-order valence-corrected chi connectivity index (χ0v) is 14.6. The van der Waals surface area contributed by atoms with Crippen LogP contribution in [0.5, 0.6) is 0 Å². The van der Waals surface area contributed by atoms with Crippen LogP contribution in [0.1, 0.15) is 73.1 Å². The lowest BCUT2D eigenvalue weighted by Crippen LogP contribution is -2.45. The molecule has 0 aromatic rings. The van der Waals surface area contributed by atoms with Crippen molar-refractivity contribution in [3.63, 3.8) is 0 Å². The first-order valence-electron chi connectivity index (χ1n) is 8.89. The summed E-state index contributed by atoms with van der Waals surface area (Å²) in [5.74, 6) is 1.65. The molecule has 3 heteroatoms. The number of amides is 1. The fourth-order valence-electron chi connectivity index (χ4n) is 4.46. The average Bonchev–Trinajstić information content (AvgIpc) is 2.90. The Morgan fingerprint density at radius 3 is 2.33 bits per heavy atom. The van der Waals surface area contributed by atoms with Crippen LogP contribution < -0.4 is 5.32 Å². The summed E-state index contributed by atoms with van der Waals surface area (Å²) < 4.78 is 0. The normalized spacial score (nSPS) is 29.1. The summed E-state index contributed by atoms with van der Waals surface area (Å²) in [7, 11) is 0. The van der Waals surface area contributed by atoms with Gasteiger partial charge in [0.25, 0.3) is 0 Å². The second kappa shape index (κ2) is 6.68. The van der Waals surface area contributed by atoms with Gasteiger partial charge in [-0.2, -0.15) is 0 Å². The van der Waals surface area contributed by atoms with Gasteiger partial charge in [0.15, 0.2) is 0 Å². The van der Waals surface area contributed by atoms with Crippen molar-refractivity contribution >= 4 is 5.91 Å². The molecule has 2 unspecified atom stereocenters. The summed E-state index contributed by atoms with van der Waals surface area (Å²) in [5, 5.41) is 3.51. The smallest absolute Gasteiger partial charge is 0.240 e. The molecule has 1 aliphatic carbocycles. The second-order valence-corrected chi connectivity index (χ2v) is 8.30. The molecule has 0 spiro atoms. The summed E-state index contributed by atoms with van der Waals surface area (Å²) in [4.78, 5) is 14.8. The lowest BCUT2D eigenvalue weighted by atomic mass is 9.78. The third-order valence-electron chi connectivity index (χ3n) is 5.18. The van der Waals surface area contributed by atoms with Gasteiger partial charge in [-0.25, -0.2) is 0 Å². The van der Waals surface area contributed by atoms with Gasteiger partial charge < -0.3 is 4.90 Å². The minimum absolute atomic E-state index is 0.00810. The van der Waals surface area contributed by atoms with E-state index in [1.807, 2.05) is 6.92 Å². The Hall–Kier alpha value is -0.570. The Balaban J connectivity index is 2.11. The zero-order chi connectivity index (χ0) is 15.6. The molecule has 0 aromatic carbocycles. The van der Waals surface area contributed by atoms with E-state index in [2.05, 4.69) is 37.9 Å². The molecule has 1 heterocycles. The molecule has 2 aliphatic rings. The fraction of sp³-hybridized carbons (Fsp3) is 0.944. The SMILES string of the molecule is CC(C)CC1NC(C)C(=O)N1CC1(CC(C)C)CCCC1. The van der Waals surface area contributed by atoms with Gasteiger partial charge >= 0.3 is 0 Å². The summed E-state index contributed by atoms with van der Waals surface area (Å²) in [6.45, 7) is 12.1. The highest BCUT2D eigenvalue weighted by atomic mass is 16.2. The van der Waals surface area contributed by atoms with Crippen LogP contribution in [0.15, 0.2) is 0 Å². The first-order chi connectivity index (χ1) is 9.83. The largest absolute Gasteiger partial charge is 0.325 e. The van der Waals surface area contributed by atoms with E-state index in [1.165, 1.54) is 32.1 Å². The minimum Gasteiger partial charge on any atom is -0.325 e. The first kappa shape index (κ1) is 16.8. The molecule has 2 rings (SSSR count). The number of nitrogens with one attached hydrogen (secondary N) is 1. The Morgan fingerprint density at radius 1 is 1.19 bits per heavy atom. The number of nitrogens with zero attached hydrogens (tertiary/aromatic N) is 1. The molecular weight excluding hydrogens is 260 g/mol. The third kappa shape index (κ3) is 4.00. The maximum absolute atomic E-state index is 12.6. The topological polar surface area (TPSA) is 32.3 Å². The number of rotatable bonds is 6. The summed E-state index contributed by atoms with van der Waals surface area (Å²) in [5.41, 5.74) is 0.380. The third-order valence-corrected chi connectivity index (χ3v) is 5.18. The fourth-order valence-corrected chi connectivity index (χ4v) is 4.46. The molecule has 2 fully saturated rings. The van der Waals surface area contributed by atoms with Gasteiger partial charge in [-0.15, -0.1) is 0 Å². The van der Waals surface area contributed by atoms with Crippen molar-refractivity contribution in [1.82, 2.24) is 10.2 Å². The van der Waals surface area contributed by atoms with Gasteiger partial charge in [-0.05, 0) is 49.9 Å². The van der Waals surface area contributed by atoms with E-state index in [1.54, 1.807) is 0 Å². The van der Waals surface area contributed by atoms with Crippen LogP contribution in [-0.4, -0.2) is 29.6 Å². The van der Waals surface area contributed by atoms with E-state index in [0.717, 1.165) is 18.9 Å². The van der Waals surface area contributed by atoms with Crippen molar-refractivity contribution in [3.8, 4) is 0 Å². The highest BCUT2D eigenvalue weighted by Crippen LogP contribution is 2.44. The van der Waals surface area contributed by atoms with Gasteiger partial charge in [0.2, 0.25) is 5.91 Å². The van der Waals surface area contributed by atoms with Gasteiger partial charge in [-0.1, -0.05) is 40.5 Å². The molecule has 3 nitrogen and oxygen atoms in total. The maximum atomic E-state index is 12.6. The molecule has 0 aromatic heterocycles. The zero-order valence-electron chi connectivity index (χ0n) is 14.6. The van der Waals surface area contributed by atoms with E-state index in [0.29, 0.717) is 17.2 Å². The number of carbonyl (C=O) groups is 1. The molecule has 122 valence electrons. The lowest BCUT2D eigenvalue weighted by Gasteiger charge is -2.37.